The van der Waals surface area contributed by atoms with Crippen LogP contribution in [-0.2, 0) is 0 Å². The number of aliphatic hydroxyl groups excluding tert-OH is 1. The van der Waals surface area contributed by atoms with E-state index in [-0.39, 0.29) is 23.7 Å². The number of hydrogen-bond donors (Lipinski definition) is 1. The molecule has 1 N–H and O–H groups in total. The third kappa shape index (κ3) is 4.16. The number of piperidine rings is 1. The normalized spacial score (nSPS) is 17.1. The Morgan fingerprint density at radius 2 is 1.67 bits per heavy atom. The molecule has 3 aromatic rings. The number of benzene rings is 2. The molecule has 176 valence electrons. The molecule has 2 unspecified atom stereocenters. The average Bonchev–Trinajstić information content (AvgIpc) is 3.14. The Labute approximate surface area is 192 Å². The fourth-order valence-electron chi connectivity index (χ4n) is 4.89. The van der Waals surface area contributed by atoms with Gasteiger partial charge in [0.25, 0.3) is 0 Å². The fourth-order valence-corrected chi connectivity index (χ4v) is 4.89. The highest BCUT2D eigenvalue weighted by molar-refractivity contribution is 5.89. The van der Waals surface area contributed by atoms with E-state index in [9.17, 15) is 14.7 Å². The first-order chi connectivity index (χ1) is 15.9. The van der Waals surface area contributed by atoms with Crippen LogP contribution in [-0.4, -0.2) is 58.4 Å². The number of likely N-dealkylation sites (tertiary alicyclic amines) is 1. The number of methoxy groups -OCH3 is 2. The van der Waals surface area contributed by atoms with Gasteiger partial charge in [0.1, 0.15) is 0 Å². The number of imidazole rings is 1. The van der Waals surface area contributed by atoms with Gasteiger partial charge < -0.3 is 14.6 Å². The number of carbonyl (C=O) groups excluding carboxylic acids is 1. The Kier molecular flexibility index (Phi) is 6.58. The van der Waals surface area contributed by atoms with E-state index in [4.69, 9.17) is 9.47 Å². The van der Waals surface area contributed by atoms with E-state index < -0.39 is 6.10 Å². The van der Waals surface area contributed by atoms with Gasteiger partial charge in [0.05, 0.1) is 31.4 Å². The lowest BCUT2D eigenvalue weighted by molar-refractivity contribution is 0.0384. The van der Waals surface area contributed by atoms with Crippen LogP contribution in [0.3, 0.4) is 0 Å². The largest absolute Gasteiger partial charge is 0.493 e. The molecule has 8 heteroatoms. The summed E-state index contributed by atoms with van der Waals surface area (Å²) in [5, 5.41) is 11.0. The zero-order valence-electron chi connectivity index (χ0n) is 19.5. The van der Waals surface area contributed by atoms with E-state index in [1.165, 1.54) is 11.5 Å². The quantitative estimate of drug-likeness (QED) is 0.617. The second-order valence-corrected chi connectivity index (χ2v) is 8.56. The van der Waals surface area contributed by atoms with Gasteiger partial charge >= 0.3 is 5.69 Å². The van der Waals surface area contributed by atoms with Gasteiger partial charge in [-0.3, -0.25) is 14.3 Å². The lowest BCUT2D eigenvalue weighted by Crippen LogP contribution is -2.44. The van der Waals surface area contributed by atoms with Crippen molar-refractivity contribution in [1.29, 1.82) is 0 Å². The minimum absolute atomic E-state index is 0.00433. The van der Waals surface area contributed by atoms with Gasteiger partial charge in [0.15, 0.2) is 11.5 Å². The Morgan fingerprint density at radius 1 is 1.03 bits per heavy atom. The van der Waals surface area contributed by atoms with Crippen LogP contribution in [0.2, 0.25) is 0 Å². The van der Waals surface area contributed by atoms with Gasteiger partial charge in [-0.2, -0.15) is 0 Å². The molecule has 1 fully saturated rings. The van der Waals surface area contributed by atoms with Crippen LogP contribution >= 0.6 is 0 Å². The molecule has 2 aromatic carbocycles. The van der Waals surface area contributed by atoms with E-state index in [2.05, 4.69) is 4.90 Å². The van der Waals surface area contributed by atoms with E-state index in [1.54, 1.807) is 24.9 Å². The third-order valence-corrected chi connectivity index (χ3v) is 6.74. The van der Waals surface area contributed by atoms with Crippen molar-refractivity contribution in [3.63, 3.8) is 0 Å². The van der Waals surface area contributed by atoms with Crippen LogP contribution < -0.4 is 15.2 Å². The van der Waals surface area contributed by atoms with Crippen LogP contribution in [0.1, 0.15) is 49.2 Å². The molecule has 4 rings (SSSR count). The van der Waals surface area contributed by atoms with Crippen molar-refractivity contribution in [2.24, 2.45) is 0 Å². The first-order valence-corrected chi connectivity index (χ1v) is 11.2. The van der Waals surface area contributed by atoms with E-state index in [0.29, 0.717) is 17.0 Å². The fraction of sp³-hybridized carbons (Fsp3) is 0.440. The van der Waals surface area contributed by atoms with Gasteiger partial charge in [-0.15, -0.1) is 0 Å². The smallest absolute Gasteiger partial charge is 0.336 e. The zero-order chi connectivity index (χ0) is 23.7. The molecule has 0 spiro atoms. The third-order valence-electron chi connectivity index (χ3n) is 6.74. The number of para-hydroxylation sites is 2. The second kappa shape index (κ2) is 9.41. The van der Waals surface area contributed by atoms with E-state index >= 15 is 0 Å². The molecule has 1 aromatic heterocycles. The van der Waals surface area contributed by atoms with Crippen molar-refractivity contribution in [2.45, 2.75) is 44.9 Å². The molecule has 0 bridgehead atoms. The molecule has 8 nitrogen and oxygen atoms in total. The van der Waals surface area contributed by atoms with Crippen LogP contribution in [0.4, 0.5) is 0 Å². The van der Waals surface area contributed by atoms with Gasteiger partial charge in [-0.1, -0.05) is 18.2 Å². The van der Waals surface area contributed by atoms with Gasteiger partial charge in [0, 0.05) is 32.1 Å². The first-order valence-electron chi connectivity index (χ1n) is 11.2. The standard InChI is InChI=1S/C25H31N3O5/c1-16(24(30)18-9-10-22(32-3)23(15-18)33-4)26-13-11-19(12-14-26)28-21-8-6-5-7-20(21)27(17(2)29)25(28)31/h5-10,15-16,19,24,30H,11-14H2,1-4H3. The summed E-state index contributed by atoms with van der Waals surface area (Å²) in [7, 11) is 3.16. The molecular formula is C25H31N3O5. The lowest BCUT2D eigenvalue weighted by atomic mass is 9.97. The highest BCUT2D eigenvalue weighted by Gasteiger charge is 2.30. The molecule has 0 aliphatic carbocycles. The molecule has 2 atom stereocenters. The molecule has 1 aliphatic heterocycles. The predicted molar refractivity (Wildman–Crippen MR) is 126 cm³/mol. The monoisotopic (exact) mass is 453 g/mol. The Balaban J connectivity index is 1.51. The first kappa shape index (κ1) is 23.1. The van der Waals surface area contributed by atoms with Crippen LogP contribution in [0.5, 0.6) is 11.5 Å². The van der Waals surface area contributed by atoms with Crippen LogP contribution in [0.15, 0.2) is 47.3 Å². The van der Waals surface area contributed by atoms with Crippen LogP contribution in [0, 0.1) is 0 Å². The van der Waals surface area contributed by atoms with Gasteiger partial charge in [0.2, 0.25) is 5.91 Å². The Morgan fingerprint density at radius 3 is 2.27 bits per heavy atom. The maximum Gasteiger partial charge on any atom is 0.336 e. The summed E-state index contributed by atoms with van der Waals surface area (Å²) in [4.78, 5) is 27.4. The van der Waals surface area contributed by atoms with Crippen molar-refractivity contribution in [2.75, 3.05) is 27.3 Å². The number of aliphatic hydroxyl groups is 1. The topological polar surface area (TPSA) is 85.9 Å². The number of nitrogens with zero attached hydrogens (tertiary/aromatic N) is 3. The summed E-state index contributed by atoms with van der Waals surface area (Å²) in [6, 6.07) is 12.8. The summed E-state index contributed by atoms with van der Waals surface area (Å²) in [5.74, 6) is 0.928. The van der Waals surface area contributed by atoms with Crippen molar-refractivity contribution in [1.82, 2.24) is 14.0 Å². The average molecular weight is 454 g/mol. The van der Waals surface area contributed by atoms with Gasteiger partial charge in [-0.05, 0) is 49.6 Å². The molecule has 2 heterocycles. The van der Waals surface area contributed by atoms with Crippen molar-refractivity contribution in [3.05, 3.63) is 58.5 Å². The maximum atomic E-state index is 13.1. The summed E-state index contributed by atoms with van der Waals surface area (Å²) in [5.41, 5.74) is 1.92. The number of hydrogen-bond acceptors (Lipinski definition) is 6. The van der Waals surface area contributed by atoms with Crippen molar-refractivity contribution in [3.8, 4) is 11.5 Å². The Hall–Kier alpha value is -3.10. The van der Waals surface area contributed by atoms with Gasteiger partial charge in [-0.25, -0.2) is 9.36 Å². The lowest BCUT2D eigenvalue weighted by Gasteiger charge is -2.38. The molecule has 0 radical (unpaired) electrons. The number of fused-ring (bicyclic) bond motifs is 1. The molecule has 1 aliphatic rings. The van der Waals surface area contributed by atoms with Crippen LogP contribution in [0.25, 0.3) is 11.0 Å². The molecule has 1 saturated heterocycles. The summed E-state index contributed by atoms with van der Waals surface area (Å²) in [6.07, 6.45) is 0.826. The summed E-state index contributed by atoms with van der Waals surface area (Å²) >= 11 is 0. The Bertz CT molecular complexity index is 1210. The summed E-state index contributed by atoms with van der Waals surface area (Å²) < 4.78 is 13.7. The second-order valence-electron chi connectivity index (χ2n) is 8.56. The minimum atomic E-state index is -0.691. The highest BCUT2D eigenvalue weighted by atomic mass is 16.5. The number of ether oxygens (including phenoxy) is 2. The molecular weight excluding hydrogens is 422 g/mol. The summed E-state index contributed by atoms with van der Waals surface area (Å²) in [6.45, 7) is 4.90. The predicted octanol–water partition coefficient (Wildman–Crippen LogP) is 3.24. The van der Waals surface area contributed by atoms with E-state index in [1.807, 2.05) is 43.3 Å². The maximum absolute atomic E-state index is 13.1. The molecule has 33 heavy (non-hydrogen) atoms. The zero-order valence-corrected chi connectivity index (χ0v) is 19.5. The van der Waals surface area contributed by atoms with Crippen molar-refractivity contribution < 1.29 is 19.4 Å². The minimum Gasteiger partial charge on any atom is -0.493 e. The highest BCUT2D eigenvalue weighted by Crippen LogP contribution is 2.33. The number of aromatic nitrogens is 2. The SMILES string of the molecule is COc1ccc(C(O)C(C)N2CCC(n3c(=O)n(C(C)=O)c4ccccc43)CC2)cc1OC. The molecule has 0 amide bonds. The van der Waals surface area contributed by atoms with Crippen molar-refractivity contribution >= 4 is 16.9 Å². The number of rotatable bonds is 6. The molecule has 0 saturated carbocycles. The number of carbonyl (C=O) groups is 1. The van der Waals surface area contributed by atoms with E-state index in [0.717, 1.165) is 37.0 Å².